The maximum Gasteiger partial charge on any atom is 0.434 e. The van der Waals surface area contributed by atoms with Crippen LogP contribution in [-0.4, -0.2) is 31.0 Å². The molecule has 0 bridgehead atoms. The number of nitrogens with one attached hydrogen (secondary N) is 2. The van der Waals surface area contributed by atoms with Crippen molar-refractivity contribution in [3.8, 4) is 0 Å². The van der Waals surface area contributed by atoms with E-state index < -0.39 is 11.9 Å². The molecule has 1 amide bonds. The molecule has 0 aliphatic carbocycles. The highest BCUT2D eigenvalue weighted by Gasteiger charge is 2.33. The van der Waals surface area contributed by atoms with Crippen LogP contribution < -0.4 is 10.6 Å². The maximum absolute atomic E-state index is 12.2. The van der Waals surface area contributed by atoms with Crippen molar-refractivity contribution < 1.29 is 18.0 Å². The van der Waals surface area contributed by atoms with E-state index in [2.05, 4.69) is 15.6 Å². The quantitative estimate of drug-likeness (QED) is 0.838. The molecule has 1 aromatic rings. The van der Waals surface area contributed by atoms with Crippen molar-refractivity contribution in [2.45, 2.75) is 12.6 Å². The number of carbonyl (C=O) groups is 1. The number of amides is 1. The molecule has 0 aliphatic heterocycles. The number of thiazole rings is 1. The van der Waals surface area contributed by atoms with Crippen LogP contribution in [0.15, 0.2) is 5.38 Å². The molecular formula is C9H12F3N3OS. The fourth-order valence-corrected chi connectivity index (χ4v) is 1.89. The number of alkyl halides is 3. The summed E-state index contributed by atoms with van der Waals surface area (Å²) in [7, 11) is 1.63. The first-order valence-corrected chi connectivity index (χ1v) is 5.74. The lowest BCUT2D eigenvalue weighted by molar-refractivity contribution is -0.140. The molecule has 0 radical (unpaired) electrons. The number of hydrogen-bond acceptors (Lipinski definition) is 4. The van der Waals surface area contributed by atoms with Crippen LogP contribution in [0.2, 0.25) is 0 Å². The molecule has 0 saturated carbocycles. The number of nitrogens with zero attached hydrogens (tertiary/aromatic N) is 1. The summed E-state index contributed by atoms with van der Waals surface area (Å²) in [5.41, 5.74) is -0.876. The summed E-state index contributed by atoms with van der Waals surface area (Å²) >= 11 is 0.943. The Labute approximate surface area is 100 Å². The smallest absolute Gasteiger partial charge is 0.355 e. The van der Waals surface area contributed by atoms with Crippen LogP contribution in [0.4, 0.5) is 13.2 Å². The Morgan fingerprint density at radius 3 is 2.76 bits per heavy atom. The molecule has 1 aromatic heterocycles. The van der Waals surface area contributed by atoms with Crippen molar-refractivity contribution in [1.29, 1.82) is 0 Å². The van der Waals surface area contributed by atoms with E-state index in [1.54, 1.807) is 7.05 Å². The van der Waals surface area contributed by atoms with Crippen molar-refractivity contribution in [1.82, 2.24) is 15.6 Å². The Kier molecular flexibility index (Phi) is 4.88. The Balaban J connectivity index is 2.38. The van der Waals surface area contributed by atoms with E-state index in [0.29, 0.717) is 11.4 Å². The Morgan fingerprint density at radius 2 is 2.24 bits per heavy atom. The average Bonchev–Trinajstić information content (AvgIpc) is 2.66. The van der Waals surface area contributed by atoms with Crippen molar-refractivity contribution in [2.75, 3.05) is 20.1 Å². The summed E-state index contributed by atoms with van der Waals surface area (Å²) in [5.74, 6) is -0.194. The van der Waals surface area contributed by atoms with E-state index in [-0.39, 0.29) is 19.0 Å². The highest BCUT2D eigenvalue weighted by atomic mass is 32.1. The van der Waals surface area contributed by atoms with Gasteiger partial charge in [-0.05, 0) is 7.05 Å². The predicted octanol–water partition coefficient (Wildman–Crippen LogP) is 1.04. The third kappa shape index (κ3) is 4.70. The van der Waals surface area contributed by atoms with E-state index in [4.69, 9.17) is 0 Å². The Bertz CT molecular complexity index is 378. The minimum atomic E-state index is -4.40. The summed E-state index contributed by atoms with van der Waals surface area (Å²) in [4.78, 5) is 14.5. The van der Waals surface area contributed by atoms with Crippen LogP contribution in [0.25, 0.3) is 0 Å². The topological polar surface area (TPSA) is 54.0 Å². The molecule has 0 spiro atoms. The summed E-state index contributed by atoms with van der Waals surface area (Å²) < 4.78 is 36.7. The summed E-state index contributed by atoms with van der Waals surface area (Å²) in [6.07, 6.45) is -4.10. The van der Waals surface area contributed by atoms with Crippen LogP contribution in [0.3, 0.4) is 0 Å². The molecule has 2 N–H and O–H groups in total. The zero-order chi connectivity index (χ0) is 12.9. The largest absolute Gasteiger partial charge is 0.434 e. The van der Waals surface area contributed by atoms with Crippen molar-refractivity contribution in [3.05, 3.63) is 16.1 Å². The van der Waals surface area contributed by atoms with E-state index in [9.17, 15) is 18.0 Å². The zero-order valence-electron chi connectivity index (χ0n) is 9.10. The fourth-order valence-electron chi connectivity index (χ4n) is 1.09. The normalized spacial score (nSPS) is 11.5. The first kappa shape index (κ1) is 13.9. The van der Waals surface area contributed by atoms with Gasteiger partial charge >= 0.3 is 6.18 Å². The molecular weight excluding hydrogens is 255 g/mol. The lowest BCUT2D eigenvalue weighted by Gasteiger charge is -2.03. The van der Waals surface area contributed by atoms with E-state index in [0.717, 1.165) is 16.7 Å². The Morgan fingerprint density at radius 1 is 1.53 bits per heavy atom. The molecule has 8 heteroatoms. The third-order valence-corrected chi connectivity index (χ3v) is 2.75. The van der Waals surface area contributed by atoms with Crippen molar-refractivity contribution in [2.24, 2.45) is 0 Å². The molecule has 0 aliphatic rings. The number of likely N-dealkylation sites (N-methyl/N-ethyl adjacent to an activating group) is 1. The first-order valence-electron chi connectivity index (χ1n) is 4.86. The number of rotatable bonds is 5. The van der Waals surface area contributed by atoms with Gasteiger partial charge in [0.25, 0.3) is 0 Å². The molecule has 0 saturated heterocycles. The molecule has 4 nitrogen and oxygen atoms in total. The van der Waals surface area contributed by atoms with Gasteiger partial charge in [-0.15, -0.1) is 11.3 Å². The average molecular weight is 267 g/mol. The minimum Gasteiger partial charge on any atom is -0.355 e. The number of hydrogen-bond donors (Lipinski definition) is 2. The van der Waals surface area contributed by atoms with E-state index in [1.165, 1.54) is 0 Å². The van der Waals surface area contributed by atoms with Crippen LogP contribution in [0, 0.1) is 0 Å². The standard InChI is InChI=1S/C9H12F3N3OS/c1-13-4-7(16)14-3-2-8-15-6(5-17-8)9(10,11)12/h5,13H,2-4H2,1H3,(H,14,16). The van der Waals surface area contributed by atoms with Gasteiger partial charge in [0.05, 0.1) is 11.6 Å². The van der Waals surface area contributed by atoms with Crippen molar-refractivity contribution in [3.63, 3.8) is 0 Å². The van der Waals surface area contributed by atoms with Gasteiger partial charge in [0.2, 0.25) is 5.91 Å². The highest BCUT2D eigenvalue weighted by Crippen LogP contribution is 2.29. The minimum absolute atomic E-state index is 0.186. The van der Waals surface area contributed by atoms with Crippen LogP contribution in [0.5, 0.6) is 0 Å². The van der Waals surface area contributed by atoms with Gasteiger partial charge in [-0.25, -0.2) is 4.98 Å². The summed E-state index contributed by atoms with van der Waals surface area (Å²) in [5, 5.41) is 6.57. The lowest BCUT2D eigenvalue weighted by Crippen LogP contribution is -2.33. The second-order valence-electron chi connectivity index (χ2n) is 3.25. The molecule has 0 fully saturated rings. The molecule has 96 valence electrons. The first-order chi connectivity index (χ1) is 7.93. The molecule has 0 unspecified atom stereocenters. The monoisotopic (exact) mass is 267 g/mol. The predicted molar refractivity (Wildman–Crippen MR) is 57.8 cm³/mol. The van der Waals surface area contributed by atoms with E-state index >= 15 is 0 Å². The second kappa shape index (κ2) is 5.97. The van der Waals surface area contributed by atoms with Gasteiger partial charge in [0.15, 0.2) is 5.69 Å². The lowest BCUT2D eigenvalue weighted by atomic mass is 10.4. The second-order valence-corrected chi connectivity index (χ2v) is 4.20. The van der Waals surface area contributed by atoms with Gasteiger partial charge in [0, 0.05) is 18.3 Å². The van der Waals surface area contributed by atoms with Gasteiger partial charge in [0.1, 0.15) is 0 Å². The van der Waals surface area contributed by atoms with Gasteiger partial charge in [-0.2, -0.15) is 13.2 Å². The Hall–Kier alpha value is -1.15. The molecule has 0 atom stereocenters. The fraction of sp³-hybridized carbons (Fsp3) is 0.556. The van der Waals surface area contributed by atoms with Crippen LogP contribution >= 0.6 is 11.3 Å². The number of aromatic nitrogens is 1. The van der Waals surface area contributed by atoms with E-state index in [1.807, 2.05) is 0 Å². The van der Waals surface area contributed by atoms with Gasteiger partial charge < -0.3 is 10.6 Å². The highest BCUT2D eigenvalue weighted by molar-refractivity contribution is 7.09. The van der Waals surface area contributed by atoms with Crippen LogP contribution in [0.1, 0.15) is 10.7 Å². The zero-order valence-corrected chi connectivity index (χ0v) is 9.91. The third-order valence-electron chi connectivity index (χ3n) is 1.84. The molecule has 17 heavy (non-hydrogen) atoms. The summed E-state index contributed by atoms with van der Waals surface area (Å²) in [6.45, 7) is 0.469. The number of halogens is 3. The van der Waals surface area contributed by atoms with Crippen molar-refractivity contribution >= 4 is 17.2 Å². The molecule has 1 heterocycles. The van der Waals surface area contributed by atoms with Crippen LogP contribution in [-0.2, 0) is 17.4 Å². The molecule has 0 aromatic carbocycles. The van der Waals surface area contributed by atoms with Gasteiger partial charge in [-0.1, -0.05) is 0 Å². The van der Waals surface area contributed by atoms with Gasteiger partial charge in [-0.3, -0.25) is 4.79 Å². The summed E-state index contributed by atoms with van der Waals surface area (Å²) in [6, 6.07) is 0. The maximum atomic E-state index is 12.2. The molecule has 1 rings (SSSR count). The number of carbonyl (C=O) groups excluding carboxylic acids is 1. The SMILES string of the molecule is CNCC(=O)NCCc1nc(C(F)(F)F)cs1.